The minimum absolute atomic E-state index is 0.125. The molecule has 0 bridgehead atoms. The third-order valence-electron chi connectivity index (χ3n) is 3.55. The molecule has 0 heterocycles. The van der Waals surface area contributed by atoms with Crippen LogP contribution in [0.5, 0.6) is 5.75 Å². The first kappa shape index (κ1) is 24.2. The van der Waals surface area contributed by atoms with Crippen LogP contribution in [0, 0.1) is 0 Å². The minimum Gasteiger partial charge on any atom is -0.376 e. The quantitative estimate of drug-likeness (QED) is 0.218. The normalized spacial score (nSPS) is 12.2. The number of hydrogen-bond donors (Lipinski definition) is 2. The molecule has 0 aromatic heterocycles. The number of hydrogen-bond acceptors (Lipinski definition) is 6. The summed E-state index contributed by atoms with van der Waals surface area (Å²) in [5.41, 5.74) is -2.66. The van der Waals surface area contributed by atoms with Crippen LogP contribution in [-0.2, 0) is 19.7 Å². The van der Waals surface area contributed by atoms with Gasteiger partial charge in [-0.15, -0.1) is 0 Å². The summed E-state index contributed by atoms with van der Waals surface area (Å²) < 4.78 is 63.7. The predicted molar refractivity (Wildman–Crippen MR) is 106 cm³/mol. The lowest BCUT2D eigenvalue weighted by atomic mass is 10.0. The van der Waals surface area contributed by atoms with Gasteiger partial charge in [0, 0.05) is 22.7 Å². The van der Waals surface area contributed by atoms with Gasteiger partial charge in [-0.3, -0.25) is 9.59 Å². The van der Waals surface area contributed by atoms with Crippen LogP contribution in [-0.4, -0.2) is 38.0 Å². The van der Waals surface area contributed by atoms with E-state index in [1.165, 1.54) is 24.3 Å². The summed E-state index contributed by atoms with van der Waals surface area (Å²) in [6.07, 6.45) is 0. The molecule has 0 saturated heterocycles. The second-order valence-electron chi connectivity index (χ2n) is 5.78. The summed E-state index contributed by atoms with van der Waals surface area (Å²) in [7, 11) is -5.82. The van der Waals surface area contributed by atoms with Crippen LogP contribution in [0.2, 0.25) is 5.02 Å². The number of amides is 2. The van der Waals surface area contributed by atoms with Crippen molar-refractivity contribution in [2.45, 2.75) is 12.4 Å². The molecule has 166 valence electrons. The maximum absolute atomic E-state index is 12.5. The fourth-order valence-electron chi connectivity index (χ4n) is 2.14. The van der Waals surface area contributed by atoms with E-state index < -0.39 is 33.2 Å². The lowest BCUT2D eigenvalue weighted by Gasteiger charge is -2.11. The van der Waals surface area contributed by atoms with Crippen LogP contribution in [0.15, 0.2) is 53.6 Å². The van der Waals surface area contributed by atoms with E-state index in [1.807, 2.05) is 0 Å². The van der Waals surface area contributed by atoms with Gasteiger partial charge in [0.2, 0.25) is 0 Å². The SMILES string of the molecule is CCNC(=O)C(=O)N/N=C(\c1ccc(Cl)cc1)c1ccc(OS(=O)(=O)C(F)(F)F)cc1. The Morgan fingerprint density at radius 1 is 1.00 bits per heavy atom. The predicted octanol–water partition coefficient (Wildman–Crippen LogP) is 2.57. The first-order valence-corrected chi connectivity index (χ1v) is 10.3. The van der Waals surface area contributed by atoms with E-state index >= 15 is 0 Å². The molecule has 0 spiro atoms. The number of likely N-dealkylation sites (N-methyl/N-ethyl adjacent to an activating group) is 1. The number of halogens is 4. The Bertz CT molecular complexity index is 1090. The van der Waals surface area contributed by atoms with Gasteiger partial charge in [0.1, 0.15) is 5.75 Å². The van der Waals surface area contributed by atoms with Crippen LogP contribution in [0.1, 0.15) is 18.1 Å². The minimum atomic E-state index is -5.82. The monoisotopic (exact) mass is 477 g/mol. The van der Waals surface area contributed by atoms with Crippen LogP contribution < -0.4 is 14.9 Å². The molecule has 0 radical (unpaired) electrons. The number of nitrogens with one attached hydrogen (secondary N) is 2. The van der Waals surface area contributed by atoms with Crippen molar-refractivity contribution in [1.29, 1.82) is 0 Å². The van der Waals surface area contributed by atoms with E-state index in [-0.39, 0.29) is 17.8 Å². The molecular weight excluding hydrogens is 463 g/mol. The van der Waals surface area contributed by atoms with Gasteiger partial charge in [-0.2, -0.15) is 26.7 Å². The lowest BCUT2D eigenvalue weighted by molar-refractivity contribution is -0.139. The average molecular weight is 478 g/mol. The zero-order chi connectivity index (χ0) is 23.2. The van der Waals surface area contributed by atoms with Crippen LogP contribution >= 0.6 is 11.6 Å². The number of carbonyl (C=O) groups excluding carboxylic acids is 2. The molecule has 0 saturated carbocycles. The topological polar surface area (TPSA) is 114 Å². The third kappa shape index (κ3) is 6.43. The van der Waals surface area contributed by atoms with Gasteiger partial charge in [-0.25, -0.2) is 5.43 Å². The van der Waals surface area contributed by atoms with Crippen LogP contribution in [0.25, 0.3) is 0 Å². The molecule has 2 amide bonds. The molecule has 0 unspecified atom stereocenters. The van der Waals surface area contributed by atoms with Crippen molar-refractivity contribution in [2.75, 3.05) is 6.54 Å². The highest BCUT2D eigenvalue weighted by atomic mass is 35.5. The summed E-state index contributed by atoms with van der Waals surface area (Å²) in [5.74, 6) is -2.53. The molecule has 0 atom stereocenters. The Kier molecular flexibility index (Phi) is 7.63. The second kappa shape index (κ2) is 9.79. The van der Waals surface area contributed by atoms with E-state index in [0.29, 0.717) is 10.6 Å². The summed E-state index contributed by atoms with van der Waals surface area (Å²) in [6.45, 7) is 1.85. The maximum atomic E-state index is 12.5. The van der Waals surface area contributed by atoms with Gasteiger partial charge >= 0.3 is 27.4 Å². The molecule has 13 heteroatoms. The molecule has 2 rings (SSSR count). The highest BCUT2D eigenvalue weighted by Gasteiger charge is 2.48. The fraction of sp³-hybridized carbons (Fsp3) is 0.167. The molecule has 0 fully saturated rings. The highest BCUT2D eigenvalue weighted by Crippen LogP contribution is 2.27. The van der Waals surface area contributed by atoms with Gasteiger partial charge in [0.15, 0.2) is 0 Å². The van der Waals surface area contributed by atoms with Gasteiger partial charge in [0.05, 0.1) is 5.71 Å². The van der Waals surface area contributed by atoms with E-state index in [0.717, 1.165) is 12.1 Å². The average Bonchev–Trinajstić information content (AvgIpc) is 2.69. The van der Waals surface area contributed by atoms with Crippen molar-refractivity contribution in [3.05, 3.63) is 64.7 Å². The standard InChI is InChI=1S/C18H15ClF3N3O5S/c1-2-23-16(26)17(27)25-24-15(11-3-7-13(19)8-4-11)12-5-9-14(10-6-12)30-31(28,29)18(20,21)22/h3-10H,2H2,1H3,(H,23,26)(H,25,27)/b24-15+. The van der Waals surface area contributed by atoms with Crippen molar-refractivity contribution in [1.82, 2.24) is 10.7 Å². The highest BCUT2D eigenvalue weighted by molar-refractivity contribution is 7.88. The Morgan fingerprint density at radius 3 is 2.00 bits per heavy atom. The number of hydrazone groups is 1. The Hall–Kier alpha value is -3.12. The molecule has 31 heavy (non-hydrogen) atoms. The molecule has 2 aromatic carbocycles. The largest absolute Gasteiger partial charge is 0.534 e. The van der Waals surface area contributed by atoms with Gasteiger partial charge < -0.3 is 9.50 Å². The van der Waals surface area contributed by atoms with Gasteiger partial charge in [0.25, 0.3) is 0 Å². The molecular formula is C18H15ClF3N3O5S. The summed E-state index contributed by atoms with van der Waals surface area (Å²) in [6, 6.07) is 10.6. The number of rotatable bonds is 6. The van der Waals surface area contributed by atoms with Crippen molar-refractivity contribution in [2.24, 2.45) is 5.10 Å². The summed E-state index contributed by atoms with van der Waals surface area (Å²) >= 11 is 5.86. The van der Waals surface area contributed by atoms with Crippen molar-refractivity contribution < 1.29 is 35.4 Å². The smallest absolute Gasteiger partial charge is 0.376 e. The van der Waals surface area contributed by atoms with E-state index in [2.05, 4.69) is 20.0 Å². The van der Waals surface area contributed by atoms with E-state index in [9.17, 15) is 31.2 Å². The Balaban J connectivity index is 2.36. The Labute approximate surface area is 180 Å². The first-order chi connectivity index (χ1) is 14.4. The van der Waals surface area contributed by atoms with Crippen LogP contribution in [0.3, 0.4) is 0 Å². The molecule has 2 N–H and O–H groups in total. The summed E-state index contributed by atoms with van der Waals surface area (Å²) in [4.78, 5) is 23.4. The third-order valence-corrected chi connectivity index (χ3v) is 4.78. The number of alkyl halides is 3. The molecule has 0 aliphatic rings. The van der Waals surface area contributed by atoms with E-state index in [4.69, 9.17) is 11.6 Å². The van der Waals surface area contributed by atoms with Crippen molar-refractivity contribution in [3.63, 3.8) is 0 Å². The summed E-state index contributed by atoms with van der Waals surface area (Å²) in [5, 5.41) is 6.62. The fourth-order valence-corrected chi connectivity index (χ4v) is 2.73. The van der Waals surface area contributed by atoms with Gasteiger partial charge in [-0.05, 0) is 43.3 Å². The maximum Gasteiger partial charge on any atom is 0.534 e. The molecule has 0 aliphatic heterocycles. The Morgan fingerprint density at radius 2 is 1.52 bits per heavy atom. The van der Waals surface area contributed by atoms with Crippen molar-refractivity contribution in [3.8, 4) is 5.75 Å². The zero-order valence-corrected chi connectivity index (χ0v) is 17.3. The first-order valence-electron chi connectivity index (χ1n) is 8.47. The van der Waals surface area contributed by atoms with Crippen molar-refractivity contribution >= 4 is 39.2 Å². The number of nitrogens with zero attached hydrogens (tertiary/aromatic N) is 1. The molecule has 8 nitrogen and oxygen atoms in total. The number of benzene rings is 2. The second-order valence-corrected chi connectivity index (χ2v) is 7.75. The number of carbonyl (C=O) groups is 2. The molecule has 0 aliphatic carbocycles. The molecule has 2 aromatic rings. The zero-order valence-electron chi connectivity index (χ0n) is 15.7. The lowest BCUT2D eigenvalue weighted by Crippen LogP contribution is -2.38. The van der Waals surface area contributed by atoms with Gasteiger partial charge in [-0.1, -0.05) is 23.7 Å². The van der Waals surface area contributed by atoms with E-state index in [1.54, 1.807) is 19.1 Å². The van der Waals surface area contributed by atoms with Crippen LogP contribution in [0.4, 0.5) is 13.2 Å².